The van der Waals surface area contributed by atoms with E-state index in [0.717, 1.165) is 21.1 Å². The first-order chi connectivity index (χ1) is 12.3. The number of nitrogens with one attached hydrogen (secondary N) is 1. The quantitative estimate of drug-likeness (QED) is 0.601. The predicted octanol–water partition coefficient (Wildman–Crippen LogP) is 2.83. The van der Waals surface area contributed by atoms with Crippen LogP contribution in [-0.4, -0.2) is 32.3 Å². The summed E-state index contributed by atoms with van der Waals surface area (Å²) in [5.41, 5.74) is 2.78. The third-order valence-corrected chi connectivity index (χ3v) is 4.76. The summed E-state index contributed by atoms with van der Waals surface area (Å²) in [5.74, 6) is -0.0826. The summed E-state index contributed by atoms with van der Waals surface area (Å²) in [6.45, 7) is 0.526. The Morgan fingerprint density at radius 3 is 2.76 bits per heavy atom. The topological polar surface area (TPSA) is 72.2 Å². The maximum absolute atomic E-state index is 12.4. The molecule has 0 aliphatic carbocycles. The zero-order chi connectivity index (χ0) is 17.1. The number of carbonyl (C=O) groups is 1. The molecule has 4 aromatic rings. The van der Waals surface area contributed by atoms with Gasteiger partial charge in [0.1, 0.15) is 11.3 Å². The van der Waals surface area contributed by atoms with Crippen LogP contribution in [0, 0.1) is 0 Å². The minimum atomic E-state index is -0.0826. The molecule has 1 amide bonds. The lowest BCUT2D eigenvalue weighted by atomic mass is 10.0. The molecule has 7 heteroatoms. The van der Waals surface area contributed by atoms with Crippen molar-refractivity contribution in [2.24, 2.45) is 0 Å². The first kappa shape index (κ1) is 15.5. The fraction of sp³-hybridized carbons (Fsp3) is 0.111. The largest absolute Gasteiger partial charge is 0.352 e. The number of amides is 1. The third kappa shape index (κ3) is 3.41. The SMILES string of the molecule is O=C(NCCc1nn2cnnc2s1)c1cccc(-c2ccccc2)c1. The third-order valence-electron chi connectivity index (χ3n) is 3.78. The Kier molecular flexibility index (Phi) is 4.22. The molecular formula is C18H15N5OS. The van der Waals surface area contributed by atoms with Crippen LogP contribution in [0.4, 0.5) is 0 Å². The first-order valence-corrected chi connectivity index (χ1v) is 8.71. The summed E-state index contributed by atoms with van der Waals surface area (Å²) in [7, 11) is 0. The second kappa shape index (κ2) is 6.82. The fourth-order valence-corrected chi connectivity index (χ4v) is 3.37. The van der Waals surface area contributed by atoms with E-state index in [9.17, 15) is 4.79 Å². The highest BCUT2D eigenvalue weighted by molar-refractivity contribution is 7.16. The van der Waals surface area contributed by atoms with E-state index in [2.05, 4.69) is 20.6 Å². The van der Waals surface area contributed by atoms with Gasteiger partial charge in [-0.2, -0.15) is 9.61 Å². The zero-order valence-electron chi connectivity index (χ0n) is 13.3. The van der Waals surface area contributed by atoms with Gasteiger partial charge in [-0.05, 0) is 23.3 Å². The van der Waals surface area contributed by atoms with Gasteiger partial charge in [-0.3, -0.25) is 4.79 Å². The van der Waals surface area contributed by atoms with Gasteiger partial charge < -0.3 is 5.32 Å². The first-order valence-electron chi connectivity index (χ1n) is 7.89. The molecule has 2 aromatic carbocycles. The van der Waals surface area contributed by atoms with E-state index in [1.54, 1.807) is 10.8 Å². The van der Waals surface area contributed by atoms with Crippen LogP contribution in [0.5, 0.6) is 0 Å². The molecule has 124 valence electrons. The van der Waals surface area contributed by atoms with E-state index in [1.165, 1.54) is 11.3 Å². The molecule has 0 radical (unpaired) electrons. The average molecular weight is 349 g/mol. The summed E-state index contributed by atoms with van der Waals surface area (Å²) < 4.78 is 1.64. The molecule has 0 spiro atoms. The summed E-state index contributed by atoms with van der Waals surface area (Å²) in [5, 5.41) is 15.9. The molecule has 0 saturated carbocycles. The minimum absolute atomic E-state index is 0.0826. The van der Waals surface area contributed by atoms with Gasteiger partial charge >= 0.3 is 0 Å². The second-order valence-corrected chi connectivity index (χ2v) is 6.55. The van der Waals surface area contributed by atoms with E-state index < -0.39 is 0 Å². The molecule has 4 rings (SSSR count). The van der Waals surface area contributed by atoms with Crippen molar-refractivity contribution in [3.05, 3.63) is 71.5 Å². The van der Waals surface area contributed by atoms with E-state index in [1.807, 2.05) is 54.6 Å². The Balaban J connectivity index is 1.40. The molecular weight excluding hydrogens is 334 g/mol. The van der Waals surface area contributed by atoms with E-state index >= 15 is 0 Å². The lowest BCUT2D eigenvalue weighted by molar-refractivity contribution is 0.0954. The number of hydrogen-bond donors (Lipinski definition) is 1. The van der Waals surface area contributed by atoms with Crippen molar-refractivity contribution < 1.29 is 4.79 Å². The van der Waals surface area contributed by atoms with Crippen molar-refractivity contribution in [1.29, 1.82) is 0 Å². The molecule has 0 aliphatic rings. The zero-order valence-corrected chi connectivity index (χ0v) is 14.1. The average Bonchev–Trinajstić information content (AvgIpc) is 3.24. The van der Waals surface area contributed by atoms with Crippen molar-refractivity contribution in [2.75, 3.05) is 6.54 Å². The number of rotatable bonds is 5. The molecule has 6 nitrogen and oxygen atoms in total. The lowest BCUT2D eigenvalue weighted by Gasteiger charge is -2.06. The van der Waals surface area contributed by atoms with E-state index in [4.69, 9.17) is 0 Å². The van der Waals surface area contributed by atoms with E-state index in [-0.39, 0.29) is 5.91 Å². The van der Waals surface area contributed by atoms with Gasteiger partial charge in [0.2, 0.25) is 4.96 Å². The summed E-state index contributed by atoms with van der Waals surface area (Å²) in [6, 6.07) is 17.7. The molecule has 2 aromatic heterocycles. The van der Waals surface area contributed by atoms with Gasteiger partial charge in [0.25, 0.3) is 5.91 Å². The van der Waals surface area contributed by atoms with Crippen LogP contribution in [-0.2, 0) is 6.42 Å². The van der Waals surface area contributed by atoms with Crippen molar-refractivity contribution in [3.8, 4) is 11.1 Å². The van der Waals surface area contributed by atoms with Crippen LogP contribution in [0.2, 0.25) is 0 Å². The van der Waals surface area contributed by atoms with Crippen LogP contribution < -0.4 is 5.32 Å². The van der Waals surface area contributed by atoms with Gasteiger partial charge in [0.05, 0.1) is 0 Å². The Hall–Kier alpha value is -3.06. The molecule has 25 heavy (non-hydrogen) atoms. The number of fused-ring (bicyclic) bond motifs is 1. The minimum Gasteiger partial charge on any atom is -0.352 e. The fourth-order valence-electron chi connectivity index (χ4n) is 2.56. The van der Waals surface area contributed by atoms with Crippen molar-refractivity contribution in [2.45, 2.75) is 6.42 Å². The van der Waals surface area contributed by atoms with Gasteiger partial charge in [-0.1, -0.05) is 53.8 Å². The second-order valence-electron chi connectivity index (χ2n) is 5.51. The highest BCUT2D eigenvalue weighted by Crippen LogP contribution is 2.20. The number of aromatic nitrogens is 4. The molecule has 0 aliphatic heterocycles. The van der Waals surface area contributed by atoms with E-state index in [0.29, 0.717) is 18.5 Å². The Bertz CT molecular complexity index is 980. The van der Waals surface area contributed by atoms with Crippen LogP contribution in [0.1, 0.15) is 15.4 Å². The molecule has 1 N–H and O–H groups in total. The summed E-state index contributed by atoms with van der Waals surface area (Å²) >= 11 is 1.48. The molecule has 0 bridgehead atoms. The van der Waals surface area contributed by atoms with Crippen molar-refractivity contribution in [3.63, 3.8) is 0 Å². The Morgan fingerprint density at radius 2 is 1.92 bits per heavy atom. The molecule has 0 saturated heterocycles. The summed E-state index contributed by atoms with van der Waals surface area (Å²) in [4.78, 5) is 13.1. The van der Waals surface area contributed by atoms with Gasteiger partial charge in [-0.15, -0.1) is 10.2 Å². The van der Waals surface area contributed by atoms with Crippen LogP contribution >= 0.6 is 11.3 Å². The monoisotopic (exact) mass is 349 g/mol. The van der Waals surface area contributed by atoms with Crippen LogP contribution in [0.3, 0.4) is 0 Å². The highest BCUT2D eigenvalue weighted by atomic mass is 32.1. The van der Waals surface area contributed by atoms with Gasteiger partial charge in [0.15, 0.2) is 0 Å². The van der Waals surface area contributed by atoms with Gasteiger partial charge in [-0.25, -0.2) is 0 Å². The van der Waals surface area contributed by atoms with Crippen molar-refractivity contribution >= 4 is 22.2 Å². The van der Waals surface area contributed by atoms with Gasteiger partial charge in [0, 0.05) is 18.5 Å². The Morgan fingerprint density at radius 1 is 1.08 bits per heavy atom. The predicted molar refractivity (Wildman–Crippen MR) is 96.6 cm³/mol. The highest BCUT2D eigenvalue weighted by Gasteiger charge is 2.09. The number of carbonyl (C=O) groups excluding carboxylic acids is 1. The molecule has 0 atom stereocenters. The maximum atomic E-state index is 12.4. The number of hydrogen-bond acceptors (Lipinski definition) is 5. The Labute approximate surface area is 148 Å². The smallest absolute Gasteiger partial charge is 0.251 e. The molecule has 0 fully saturated rings. The maximum Gasteiger partial charge on any atom is 0.251 e. The number of nitrogens with zero attached hydrogens (tertiary/aromatic N) is 4. The number of benzene rings is 2. The summed E-state index contributed by atoms with van der Waals surface area (Å²) in [6.07, 6.45) is 2.24. The normalized spacial score (nSPS) is 10.9. The van der Waals surface area contributed by atoms with Crippen LogP contribution in [0.25, 0.3) is 16.1 Å². The van der Waals surface area contributed by atoms with Crippen molar-refractivity contribution in [1.82, 2.24) is 25.1 Å². The van der Waals surface area contributed by atoms with Crippen LogP contribution in [0.15, 0.2) is 60.9 Å². The lowest BCUT2D eigenvalue weighted by Crippen LogP contribution is -2.25. The molecule has 0 unspecified atom stereocenters. The standard InChI is InChI=1S/C18H15N5OS/c24-17(19-10-9-16-22-23-12-20-21-18(23)25-16)15-8-4-7-14(11-15)13-5-2-1-3-6-13/h1-8,11-12H,9-10H2,(H,19,24). The molecule has 2 heterocycles.